The van der Waals surface area contributed by atoms with Gasteiger partial charge in [-0.05, 0) is 56.6 Å². The van der Waals surface area contributed by atoms with Gasteiger partial charge < -0.3 is 10.2 Å². The molecule has 1 heterocycles. The Morgan fingerprint density at radius 2 is 1.84 bits per heavy atom. The van der Waals surface area contributed by atoms with Gasteiger partial charge in [-0.2, -0.15) is 0 Å². The van der Waals surface area contributed by atoms with E-state index in [2.05, 4.69) is 22.3 Å². The third-order valence-corrected chi connectivity index (χ3v) is 7.40. The van der Waals surface area contributed by atoms with Gasteiger partial charge in [0.15, 0.2) is 4.90 Å². The Kier molecular flexibility index (Phi) is 8.30. The summed E-state index contributed by atoms with van der Waals surface area (Å²) in [6, 6.07) is 14.1. The Morgan fingerprint density at radius 1 is 1.13 bits per heavy atom. The van der Waals surface area contributed by atoms with Crippen molar-refractivity contribution in [3.05, 3.63) is 58.6 Å². The van der Waals surface area contributed by atoms with Gasteiger partial charge in [0.1, 0.15) is 0 Å². The van der Waals surface area contributed by atoms with Gasteiger partial charge in [0.05, 0.1) is 4.92 Å². The third kappa shape index (κ3) is 7.20. The number of nitro benzene ring substituents is 1. The Labute approximate surface area is 187 Å². The summed E-state index contributed by atoms with van der Waals surface area (Å²) in [7, 11) is -4.17. The van der Waals surface area contributed by atoms with Crippen LogP contribution in [0.3, 0.4) is 0 Å². The smallest absolute Gasteiger partial charge is 0.291 e. The second-order valence-corrected chi connectivity index (χ2v) is 10.3. The van der Waals surface area contributed by atoms with Crippen molar-refractivity contribution in [3.63, 3.8) is 0 Å². The molecule has 0 aromatic heterocycles. The third-order valence-electron chi connectivity index (χ3n) is 5.27. The number of likely N-dealkylation sites (tertiary alicyclic amines) is 1. The van der Waals surface area contributed by atoms with Crippen LogP contribution in [0.2, 0.25) is 0 Å². The summed E-state index contributed by atoms with van der Waals surface area (Å²) in [4.78, 5) is 13.8. The molecule has 0 spiro atoms. The largest absolute Gasteiger partial charge is 0.381 e. The molecule has 1 fully saturated rings. The van der Waals surface area contributed by atoms with Crippen LogP contribution in [0, 0.1) is 10.1 Å². The van der Waals surface area contributed by atoms with Crippen LogP contribution in [-0.4, -0.2) is 49.7 Å². The highest BCUT2D eigenvalue weighted by Gasteiger charge is 2.24. The maximum absolute atomic E-state index is 11.7. The Morgan fingerprint density at radius 3 is 2.48 bits per heavy atom. The van der Waals surface area contributed by atoms with Crippen molar-refractivity contribution in [1.82, 2.24) is 4.90 Å². The number of primary sulfonamides is 1. The molecule has 1 aliphatic rings. The first-order valence-corrected chi connectivity index (χ1v) is 12.8. The average Bonchev–Trinajstić information content (AvgIpc) is 2.76. The van der Waals surface area contributed by atoms with Crippen molar-refractivity contribution in [3.8, 4) is 0 Å². The number of nitrogens with two attached hydrogens (primary N) is 1. The van der Waals surface area contributed by atoms with E-state index in [-0.39, 0.29) is 6.04 Å². The van der Waals surface area contributed by atoms with E-state index >= 15 is 0 Å². The van der Waals surface area contributed by atoms with Gasteiger partial charge in [0.25, 0.3) is 5.69 Å². The van der Waals surface area contributed by atoms with Crippen LogP contribution < -0.4 is 10.5 Å². The fourth-order valence-corrected chi connectivity index (χ4v) is 5.33. The van der Waals surface area contributed by atoms with Crippen molar-refractivity contribution in [1.29, 1.82) is 0 Å². The number of benzene rings is 2. The number of nitrogens with zero attached hydrogens (tertiary/aromatic N) is 2. The first-order valence-electron chi connectivity index (χ1n) is 10.3. The van der Waals surface area contributed by atoms with E-state index in [1.807, 2.05) is 18.2 Å². The number of nitrogens with one attached hydrogen (secondary N) is 1. The van der Waals surface area contributed by atoms with Gasteiger partial charge in [-0.1, -0.05) is 24.6 Å². The topological polar surface area (TPSA) is 119 Å². The fraction of sp³-hybridized carbons (Fsp3) is 0.429. The SMILES string of the molecule is NS(=O)(=O)c1ccc(N[C@H](CCN2CCCCC2)CSc2ccccc2)cc1[N+](=O)[O-]. The number of sulfonamides is 1. The molecule has 0 unspecified atom stereocenters. The molecule has 0 radical (unpaired) electrons. The number of piperidine rings is 1. The molecule has 1 aliphatic heterocycles. The zero-order valence-corrected chi connectivity index (χ0v) is 18.9. The van der Waals surface area contributed by atoms with Gasteiger partial charge in [0.2, 0.25) is 10.0 Å². The van der Waals surface area contributed by atoms with E-state index < -0.39 is 25.5 Å². The second kappa shape index (κ2) is 10.9. The molecule has 2 aromatic carbocycles. The number of nitro groups is 1. The summed E-state index contributed by atoms with van der Waals surface area (Å²) in [6.07, 6.45) is 4.60. The minimum Gasteiger partial charge on any atom is -0.381 e. The number of rotatable bonds is 10. The molecule has 0 aliphatic carbocycles. The fourth-order valence-electron chi connectivity index (χ4n) is 3.66. The number of hydrogen-bond donors (Lipinski definition) is 2. The van der Waals surface area contributed by atoms with E-state index in [9.17, 15) is 18.5 Å². The summed E-state index contributed by atoms with van der Waals surface area (Å²) in [5.41, 5.74) is -0.00519. The van der Waals surface area contributed by atoms with Gasteiger partial charge in [0, 0.05) is 35.0 Å². The lowest BCUT2D eigenvalue weighted by molar-refractivity contribution is -0.387. The van der Waals surface area contributed by atoms with Gasteiger partial charge >= 0.3 is 0 Å². The van der Waals surface area contributed by atoms with Crippen molar-refractivity contribution < 1.29 is 13.3 Å². The molecule has 168 valence electrons. The van der Waals surface area contributed by atoms with Crippen LogP contribution in [0.5, 0.6) is 0 Å². The molecule has 0 amide bonds. The maximum atomic E-state index is 11.7. The monoisotopic (exact) mass is 464 g/mol. The van der Waals surface area contributed by atoms with Crippen LogP contribution in [0.25, 0.3) is 0 Å². The Balaban J connectivity index is 1.74. The highest BCUT2D eigenvalue weighted by molar-refractivity contribution is 7.99. The molecule has 2 aromatic rings. The van der Waals surface area contributed by atoms with Crippen LogP contribution in [0.1, 0.15) is 25.7 Å². The maximum Gasteiger partial charge on any atom is 0.291 e. The van der Waals surface area contributed by atoms with Crippen molar-refractivity contribution in [2.75, 3.05) is 30.7 Å². The highest BCUT2D eigenvalue weighted by Crippen LogP contribution is 2.28. The normalized spacial score (nSPS) is 16.0. The first-order chi connectivity index (χ1) is 14.8. The van der Waals surface area contributed by atoms with E-state index in [1.54, 1.807) is 11.8 Å². The second-order valence-electron chi connectivity index (χ2n) is 7.64. The molecular weight excluding hydrogens is 436 g/mol. The summed E-state index contributed by atoms with van der Waals surface area (Å²) >= 11 is 1.72. The van der Waals surface area contributed by atoms with E-state index in [0.29, 0.717) is 5.69 Å². The molecule has 3 rings (SSSR count). The van der Waals surface area contributed by atoms with Crippen molar-refractivity contribution >= 4 is 33.2 Å². The number of thioether (sulfide) groups is 1. The van der Waals surface area contributed by atoms with E-state index in [1.165, 1.54) is 37.5 Å². The molecule has 1 saturated heterocycles. The van der Waals surface area contributed by atoms with Crippen LogP contribution in [0.15, 0.2) is 58.3 Å². The standard InChI is InChI=1S/C21H28N4O4S2/c22-31(28,29)21-10-9-17(15-20(21)25(26)27)23-18(11-14-24-12-5-2-6-13-24)16-30-19-7-3-1-4-8-19/h1,3-4,7-10,15,18,23H,2,5-6,11-14,16H2,(H2,22,28,29)/t18-/m1/s1. The van der Waals surface area contributed by atoms with Crippen LogP contribution >= 0.6 is 11.8 Å². The van der Waals surface area contributed by atoms with E-state index in [0.717, 1.165) is 36.7 Å². The van der Waals surface area contributed by atoms with Gasteiger partial charge in [-0.3, -0.25) is 10.1 Å². The van der Waals surface area contributed by atoms with Crippen molar-refractivity contribution in [2.24, 2.45) is 5.14 Å². The summed E-state index contributed by atoms with van der Waals surface area (Å²) in [6.45, 7) is 3.16. The van der Waals surface area contributed by atoms with Crippen LogP contribution in [-0.2, 0) is 10.0 Å². The first kappa shape index (κ1) is 23.5. The minimum atomic E-state index is -4.17. The number of anilines is 1. The Bertz CT molecular complexity index is 980. The summed E-state index contributed by atoms with van der Waals surface area (Å²) in [5.74, 6) is 0.780. The quantitative estimate of drug-likeness (QED) is 0.313. The predicted molar refractivity (Wildman–Crippen MR) is 124 cm³/mol. The molecular formula is C21H28N4O4S2. The van der Waals surface area contributed by atoms with Gasteiger partial charge in [-0.15, -0.1) is 11.8 Å². The summed E-state index contributed by atoms with van der Waals surface area (Å²) < 4.78 is 23.3. The minimum absolute atomic E-state index is 0.0621. The summed E-state index contributed by atoms with van der Waals surface area (Å²) in [5, 5.41) is 19.9. The average molecular weight is 465 g/mol. The Hall–Kier alpha value is -2.14. The van der Waals surface area contributed by atoms with Crippen LogP contribution in [0.4, 0.5) is 11.4 Å². The lowest BCUT2D eigenvalue weighted by Gasteiger charge is -2.29. The van der Waals surface area contributed by atoms with E-state index in [4.69, 9.17) is 5.14 Å². The lowest BCUT2D eigenvalue weighted by atomic mass is 10.1. The predicted octanol–water partition coefficient (Wildman–Crippen LogP) is 3.69. The molecule has 0 bridgehead atoms. The molecule has 0 saturated carbocycles. The zero-order valence-electron chi connectivity index (χ0n) is 17.3. The lowest BCUT2D eigenvalue weighted by Crippen LogP contribution is -2.34. The molecule has 8 nitrogen and oxygen atoms in total. The molecule has 1 atom stereocenters. The van der Waals surface area contributed by atoms with Crippen molar-refractivity contribution in [2.45, 2.75) is 41.5 Å². The zero-order chi connectivity index (χ0) is 22.3. The van der Waals surface area contributed by atoms with Gasteiger partial charge in [-0.25, -0.2) is 13.6 Å². The highest BCUT2D eigenvalue weighted by atomic mass is 32.2. The molecule has 31 heavy (non-hydrogen) atoms. The molecule has 10 heteroatoms. The number of hydrogen-bond acceptors (Lipinski definition) is 7. The molecule has 3 N–H and O–H groups in total.